The highest BCUT2D eigenvalue weighted by Gasteiger charge is 2.31. The van der Waals surface area contributed by atoms with E-state index in [9.17, 15) is 31.1 Å². The molecule has 35 heavy (non-hydrogen) atoms. The lowest BCUT2D eigenvalue weighted by Gasteiger charge is -2.16. The molecular formula is C23H14F5N3O3S. The number of aliphatic hydroxyl groups is 1. The van der Waals surface area contributed by atoms with Gasteiger partial charge in [-0.2, -0.15) is 13.2 Å². The van der Waals surface area contributed by atoms with Gasteiger partial charge in [0.1, 0.15) is 17.6 Å². The Morgan fingerprint density at radius 1 is 1.09 bits per heavy atom. The Labute approximate surface area is 195 Å². The van der Waals surface area contributed by atoms with E-state index in [0.717, 1.165) is 12.1 Å². The summed E-state index contributed by atoms with van der Waals surface area (Å²) >= 11 is 0. The number of nitrogens with one attached hydrogen (secondary N) is 2. The molecule has 180 valence electrons. The summed E-state index contributed by atoms with van der Waals surface area (Å²) < 4.78 is 95.2. The minimum absolute atomic E-state index is 0.00148. The number of hydrogen-bond acceptors (Lipinski definition) is 4. The molecule has 1 unspecified atom stereocenters. The number of alkyl halides is 3. The standard InChI is InChI=1S/C23H14F5N3O3S/c1-2-12-9-10-29-22-18(12)15(11-30-22)21(32)19-16(24)7-8-17(20(19)25)31-35(33,34)14-5-3-13(4-6-14)23(26,27)28/h1,3-11,21,31-32H,(H,29,30). The van der Waals surface area contributed by atoms with Crippen molar-refractivity contribution < 1.29 is 35.5 Å². The van der Waals surface area contributed by atoms with Crippen LogP contribution >= 0.6 is 0 Å². The van der Waals surface area contributed by atoms with Gasteiger partial charge in [-0.1, -0.05) is 5.92 Å². The van der Waals surface area contributed by atoms with Gasteiger partial charge < -0.3 is 10.1 Å². The molecule has 0 aliphatic carbocycles. The summed E-state index contributed by atoms with van der Waals surface area (Å²) in [7, 11) is -4.56. The van der Waals surface area contributed by atoms with Crippen molar-refractivity contribution in [1.82, 2.24) is 9.97 Å². The van der Waals surface area contributed by atoms with Crippen LogP contribution in [0.15, 0.2) is 59.8 Å². The number of H-pyrrole nitrogens is 1. The molecule has 12 heteroatoms. The topological polar surface area (TPSA) is 95.1 Å². The third kappa shape index (κ3) is 4.43. The van der Waals surface area contributed by atoms with Crippen molar-refractivity contribution in [3.63, 3.8) is 0 Å². The second kappa shape index (κ2) is 8.68. The van der Waals surface area contributed by atoms with Gasteiger partial charge in [-0.25, -0.2) is 22.2 Å². The summed E-state index contributed by atoms with van der Waals surface area (Å²) in [4.78, 5) is 6.19. The van der Waals surface area contributed by atoms with Crippen LogP contribution in [0.2, 0.25) is 0 Å². The van der Waals surface area contributed by atoms with Gasteiger partial charge >= 0.3 is 6.18 Å². The van der Waals surface area contributed by atoms with E-state index in [1.807, 2.05) is 4.72 Å². The Hall–Kier alpha value is -3.95. The van der Waals surface area contributed by atoms with Crippen molar-refractivity contribution in [2.24, 2.45) is 0 Å². The first-order chi connectivity index (χ1) is 16.4. The fourth-order valence-corrected chi connectivity index (χ4v) is 4.56. The van der Waals surface area contributed by atoms with Crippen LogP contribution in [-0.2, 0) is 16.2 Å². The van der Waals surface area contributed by atoms with E-state index in [1.54, 1.807) is 0 Å². The summed E-state index contributed by atoms with van der Waals surface area (Å²) in [6, 6.07) is 5.49. The molecule has 4 aromatic rings. The van der Waals surface area contributed by atoms with Gasteiger partial charge in [0, 0.05) is 28.9 Å². The highest BCUT2D eigenvalue weighted by molar-refractivity contribution is 7.92. The second-order valence-electron chi connectivity index (χ2n) is 7.32. The van der Waals surface area contributed by atoms with Crippen LogP contribution in [0, 0.1) is 24.0 Å². The molecule has 0 bridgehead atoms. The number of hydrogen-bond donors (Lipinski definition) is 3. The lowest BCUT2D eigenvalue weighted by Crippen LogP contribution is -2.16. The summed E-state index contributed by atoms with van der Waals surface area (Å²) in [6.45, 7) is 0. The summed E-state index contributed by atoms with van der Waals surface area (Å²) in [5, 5.41) is 11.1. The molecule has 2 heterocycles. The zero-order valence-electron chi connectivity index (χ0n) is 17.4. The predicted octanol–water partition coefficient (Wildman–Crippen LogP) is 4.72. The van der Waals surface area contributed by atoms with E-state index in [-0.39, 0.29) is 16.6 Å². The van der Waals surface area contributed by atoms with Crippen molar-refractivity contribution in [3.05, 3.63) is 88.7 Å². The SMILES string of the molecule is C#Cc1ccnc2[nH]cc(C(O)c3c(F)ccc(NS(=O)(=O)c4ccc(C(F)(F)F)cc4)c3F)c12. The number of sulfonamides is 1. The number of pyridine rings is 1. The first-order valence-electron chi connectivity index (χ1n) is 9.72. The average molecular weight is 507 g/mol. The number of aromatic nitrogens is 2. The van der Waals surface area contributed by atoms with Crippen LogP contribution < -0.4 is 4.72 Å². The number of rotatable bonds is 5. The quantitative estimate of drug-likeness (QED) is 0.269. The Balaban J connectivity index is 1.73. The Kier molecular flexibility index (Phi) is 6.00. The van der Waals surface area contributed by atoms with Crippen LogP contribution in [0.25, 0.3) is 11.0 Å². The third-order valence-electron chi connectivity index (χ3n) is 5.19. The van der Waals surface area contributed by atoms with Crippen molar-refractivity contribution in [1.29, 1.82) is 0 Å². The van der Waals surface area contributed by atoms with Crippen LogP contribution in [0.1, 0.15) is 28.4 Å². The molecule has 4 rings (SSSR count). The van der Waals surface area contributed by atoms with Gasteiger partial charge in [0.2, 0.25) is 0 Å². The molecule has 1 atom stereocenters. The van der Waals surface area contributed by atoms with Gasteiger partial charge in [0.05, 0.1) is 21.7 Å². The van der Waals surface area contributed by atoms with Gasteiger partial charge in [-0.3, -0.25) is 4.72 Å². The maximum Gasteiger partial charge on any atom is 0.416 e. The minimum atomic E-state index is -4.68. The van der Waals surface area contributed by atoms with E-state index in [4.69, 9.17) is 6.42 Å². The monoisotopic (exact) mass is 507 g/mol. The second-order valence-corrected chi connectivity index (χ2v) is 9.01. The molecular weight excluding hydrogens is 493 g/mol. The van der Waals surface area contributed by atoms with Crippen molar-refractivity contribution in [2.45, 2.75) is 17.2 Å². The molecule has 0 saturated heterocycles. The summed E-state index contributed by atoms with van der Waals surface area (Å²) in [6.07, 6.45) is 1.55. The lowest BCUT2D eigenvalue weighted by atomic mass is 9.98. The molecule has 0 fully saturated rings. The number of aliphatic hydroxyl groups excluding tert-OH is 1. The zero-order valence-corrected chi connectivity index (χ0v) is 18.2. The van der Waals surface area contributed by atoms with E-state index >= 15 is 4.39 Å². The molecule has 0 aliphatic rings. The Bertz CT molecular complexity index is 1570. The molecule has 0 aliphatic heterocycles. The Morgan fingerprint density at radius 2 is 1.77 bits per heavy atom. The number of nitrogens with zero attached hydrogens (tertiary/aromatic N) is 1. The van der Waals surface area contributed by atoms with Gasteiger partial charge in [0.15, 0.2) is 5.82 Å². The number of halogens is 5. The van der Waals surface area contributed by atoms with E-state index in [0.29, 0.717) is 29.8 Å². The lowest BCUT2D eigenvalue weighted by molar-refractivity contribution is -0.137. The first-order valence-corrected chi connectivity index (χ1v) is 11.2. The maximum absolute atomic E-state index is 15.3. The highest BCUT2D eigenvalue weighted by Crippen LogP contribution is 2.36. The van der Waals surface area contributed by atoms with E-state index < -0.39 is 55.6 Å². The third-order valence-corrected chi connectivity index (χ3v) is 6.57. The predicted molar refractivity (Wildman–Crippen MR) is 117 cm³/mol. The normalized spacial score (nSPS) is 12.9. The number of anilines is 1. The summed E-state index contributed by atoms with van der Waals surface area (Å²) in [5.41, 5.74) is -2.11. The molecule has 2 aromatic heterocycles. The molecule has 0 amide bonds. The molecule has 3 N–H and O–H groups in total. The number of terminal acetylenes is 1. The number of aromatic amines is 1. The van der Waals surface area contributed by atoms with Crippen LogP contribution in [0.3, 0.4) is 0 Å². The van der Waals surface area contributed by atoms with Gasteiger partial charge in [-0.15, -0.1) is 6.42 Å². The van der Waals surface area contributed by atoms with Crippen molar-refractivity contribution >= 4 is 26.7 Å². The van der Waals surface area contributed by atoms with E-state index in [1.165, 1.54) is 18.5 Å². The smallest absolute Gasteiger partial charge is 0.383 e. The fourth-order valence-electron chi connectivity index (χ4n) is 3.50. The van der Waals surface area contributed by atoms with Gasteiger partial charge in [0.25, 0.3) is 10.0 Å². The Morgan fingerprint density at radius 3 is 2.40 bits per heavy atom. The largest absolute Gasteiger partial charge is 0.416 e. The van der Waals surface area contributed by atoms with E-state index in [2.05, 4.69) is 15.9 Å². The minimum Gasteiger partial charge on any atom is -0.383 e. The highest BCUT2D eigenvalue weighted by atomic mass is 32.2. The summed E-state index contributed by atoms with van der Waals surface area (Å²) in [5.74, 6) is -0.211. The van der Waals surface area contributed by atoms with Gasteiger partial charge in [-0.05, 0) is 42.5 Å². The average Bonchev–Trinajstić information content (AvgIpc) is 3.25. The van der Waals surface area contributed by atoms with Crippen molar-refractivity contribution in [2.75, 3.05) is 4.72 Å². The maximum atomic E-state index is 15.3. The number of fused-ring (bicyclic) bond motifs is 1. The molecule has 0 spiro atoms. The van der Waals surface area contributed by atoms with Crippen LogP contribution in [0.5, 0.6) is 0 Å². The molecule has 0 radical (unpaired) electrons. The number of benzene rings is 2. The molecule has 6 nitrogen and oxygen atoms in total. The van der Waals surface area contributed by atoms with Crippen LogP contribution in [-0.4, -0.2) is 23.5 Å². The zero-order chi connectivity index (χ0) is 25.5. The van der Waals surface area contributed by atoms with Crippen LogP contribution in [0.4, 0.5) is 27.6 Å². The molecule has 0 saturated carbocycles. The molecule has 2 aromatic carbocycles. The fraction of sp³-hybridized carbons (Fsp3) is 0.0870. The van der Waals surface area contributed by atoms with Crippen molar-refractivity contribution in [3.8, 4) is 12.3 Å². The first kappa shape index (κ1) is 24.2.